The molecule has 1 aromatic rings. The summed E-state index contributed by atoms with van der Waals surface area (Å²) in [5.74, 6) is -0.339. The summed E-state index contributed by atoms with van der Waals surface area (Å²) in [6.45, 7) is 7.25. The van der Waals surface area contributed by atoms with Crippen LogP contribution in [-0.2, 0) is 0 Å². The Morgan fingerprint density at radius 2 is 2.00 bits per heavy atom. The Labute approximate surface area is 125 Å². The van der Waals surface area contributed by atoms with E-state index in [0.717, 1.165) is 19.3 Å². The molecule has 2 atom stereocenters. The lowest BCUT2D eigenvalue weighted by Gasteiger charge is -2.45. The van der Waals surface area contributed by atoms with Crippen LogP contribution in [0.4, 0.5) is 10.1 Å². The minimum atomic E-state index is -0.339. The van der Waals surface area contributed by atoms with Crippen molar-refractivity contribution in [3.05, 3.63) is 29.0 Å². The van der Waals surface area contributed by atoms with Gasteiger partial charge >= 0.3 is 0 Å². The maximum Gasteiger partial charge on any atom is 0.126 e. The van der Waals surface area contributed by atoms with E-state index in [2.05, 4.69) is 26.1 Å². The first kappa shape index (κ1) is 15.6. The van der Waals surface area contributed by atoms with Crippen LogP contribution in [0.2, 0.25) is 5.02 Å². The largest absolute Gasteiger partial charge is 0.393 e. The number of rotatable bonds is 3. The Bertz CT molecular complexity index is 471. The minimum Gasteiger partial charge on any atom is -0.393 e. The van der Waals surface area contributed by atoms with Crippen LogP contribution >= 0.6 is 11.6 Å². The second kappa shape index (κ2) is 5.53. The monoisotopic (exact) mass is 299 g/mol. The van der Waals surface area contributed by atoms with E-state index in [1.165, 1.54) is 12.1 Å². The van der Waals surface area contributed by atoms with Crippen molar-refractivity contribution >= 4 is 17.3 Å². The summed E-state index contributed by atoms with van der Waals surface area (Å²) in [6, 6.07) is 4.46. The Balaban J connectivity index is 2.05. The molecule has 2 nitrogen and oxygen atoms in total. The van der Waals surface area contributed by atoms with Gasteiger partial charge in [-0.3, -0.25) is 0 Å². The molecular weight excluding hydrogens is 277 g/mol. The van der Waals surface area contributed by atoms with Crippen LogP contribution in [0.15, 0.2) is 18.2 Å². The van der Waals surface area contributed by atoms with E-state index in [0.29, 0.717) is 17.3 Å². The first-order chi connectivity index (χ1) is 9.17. The molecule has 0 saturated heterocycles. The summed E-state index contributed by atoms with van der Waals surface area (Å²) in [5.41, 5.74) is 0.822. The van der Waals surface area contributed by atoms with Crippen molar-refractivity contribution in [1.82, 2.24) is 0 Å². The normalized spacial score (nSPS) is 29.2. The third-order valence-electron chi connectivity index (χ3n) is 4.00. The van der Waals surface area contributed by atoms with Gasteiger partial charge in [-0.2, -0.15) is 0 Å². The predicted molar refractivity (Wildman–Crippen MR) is 81.6 cm³/mol. The van der Waals surface area contributed by atoms with Gasteiger partial charge in [0.05, 0.1) is 6.10 Å². The molecule has 20 heavy (non-hydrogen) atoms. The van der Waals surface area contributed by atoms with Gasteiger partial charge < -0.3 is 10.4 Å². The van der Waals surface area contributed by atoms with Gasteiger partial charge in [-0.1, -0.05) is 32.4 Å². The molecule has 0 bridgehead atoms. The van der Waals surface area contributed by atoms with Crippen molar-refractivity contribution in [1.29, 1.82) is 0 Å². The summed E-state index contributed by atoms with van der Waals surface area (Å²) in [4.78, 5) is 0. The molecule has 2 unspecified atom stereocenters. The van der Waals surface area contributed by atoms with Crippen LogP contribution in [0.5, 0.6) is 0 Å². The summed E-state index contributed by atoms with van der Waals surface area (Å²) >= 11 is 5.85. The van der Waals surface area contributed by atoms with E-state index in [1.807, 2.05) is 0 Å². The molecule has 0 radical (unpaired) electrons. The lowest BCUT2D eigenvalue weighted by Crippen LogP contribution is -2.42. The molecule has 2 rings (SSSR count). The first-order valence-electron chi connectivity index (χ1n) is 7.06. The fourth-order valence-electron chi connectivity index (χ4n) is 3.68. The Morgan fingerprint density at radius 1 is 1.30 bits per heavy atom. The van der Waals surface area contributed by atoms with Crippen LogP contribution in [-0.4, -0.2) is 17.8 Å². The van der Waals surface area contributed by atoms with E-state index in [1.54, 1.807) is 6.07 Å². The standard InChI is InChI=1S/C16H23ClFNO/c1-15(2)7-14(20)8-16(3,9-15)10-19-13-5-11(17)4-12(18)6-13/h4-6,14,19-20H,7-10H2,1-3H3. The second-order valence-electron chi connectivity index (χ2n) is 7.23. The number of nitrogens with one attached hydrogen (secondary N) is 1. The molecule has 4 heteroatoms. The number of aliphatic hydroxyl groups excluding tert-OH is 1. The molecule has 0 heterocycles. The molecule has 2 N–H and O–H groups in total. The Morgan fingerprint density at radius 3 is 2.60 bits per heavy atom. The topological polar surface area (TPSA) is 32.3 Å². The molecule has 1 saturated carbocycles. The van der Waals surface area contributed by atoms with Crippen LogP contribution in [0, 0.1) is 16.6 Å². The van der Waals surface area contributed by atoms with Gasteiger partial charge in [0.1, 0.15) is 5.82 Å². The van der Waals surface area contributed by atoms with E-state index in [-0.39, 0.29) is 22.8 Å². The van der Waals surface area contributed by atoms with E-state index < -0.39 is 0 Å². The molecule has 112 valence electrons. The molecule has 1 aliphatic rings. The maximum atomic E-state index is 13.3. The smallest absolute Gasteiger partial charge is 0.126 e. The highest BCUT2D eigenvalue weighted by molar-refractivity contribution is 6.30. The molecule has 1 aromatic carbocycles. The SMILES string of the molecule is CC1(C)CC(O)CC(C)(CNc2cc(F)cc(Cl)c2)C1. The van der Waals surface area contributed by atoms with Gasteiger partial charge in [-0.25, -0.2) is 4.39 Å². The zero-order chi connectivity index (χ0) is 15.0. The van der Waals surface area contributed by atoms with Gasteiger partial charge in [0.25, 0.3) is 0 Å². The predicted octanol–water partition coefficient (Wildman–Crippen LogP) is 4.47. The number of hydrogen-bond donors (Lipinski definition) is 2. The quantitative estimate of drug-likeness (QED) is 0.863. The van der Waals surface area contributed by atoms with E-state index in [4.69, 9.17) is 11.6 Å². The summed E-state index contributed by atoms with van der Waals surface area (Å²) in [7, 11) is 0. The summed E-state index contributed by atoms with van der Waals surface area (Å²) < 4.78 is 13.3. The lowest BCUT2D eigenvalue weighted by atomic mass is 9.63. The van der Waals surface area contributed by atoms with Crippen LogP contribution < -0.4 is 5.32 Å². The maximum absolute atomic E-state index is 13.3. The van der Waals surface area contributed by atoms with E-state index in [9.17, 15) is 9.50 Å². The first-order valence-corrected chi connectivity index (χ1v) is 7.43. The van der Waals surface area contributed by atoms with E-state index >= 15 is 0 Å². The molecular formula is C16H23ClFNO. The van der Waals surface area contributed by atoms with Gasteiger partial charge in [-0.05, 0) is 48.3 Å². The third-order valence-corrected chi connectivity index (χ3v) is 4.22. The lowest BCUT2D eigenvalue weighted by molar-refractivity contribution is -0.00317. The molecule has 1 aliphatic carbocycles. The third kappa shape index (κ3) is 4.10. The van der Waals surface area contributed by atoms with Crippen LogP contribution in [0.3, 0.4) is 0 Å². The fraction of sp³-hybridized carbons (Fsp3) is 0.625. The second-order valence-corrected chi connectivity index (χ2v) is 7.66. The van der Waals surface area contributed by atoms with Crippen molar-refractivity contribution < 1.29 is 9.50 Å². The molecule has 1 fully saturated rings. The number of hydrogen-bond acceptors (Lipinski definition) is 2. The van der Waals surface area contributed by atoms with Gasteiger partial charge in [0.15, 0.2) is 0 Å². The fourth-order valence-corrected chi connectivity index (χ4v) is 3.91. The van der Waals surface area contributed by atoms with Crippen molar-refractivity contribution in [2.45, 2.75) is 46.1 Å². The van der Waals surface area contributed by atoms with Gasteiger partial charge in [0.2, 0.25) is 0 Å². The van der Waals surface area contributed by atoms with Crippen LogP contribution in [0.1, 0.15) is 40.0 Å². The van der Waals surface area contributed by atoms with Crippen molar-refractivity contribution in [3.8, 4) is 0 Å². The van der Waals surface area contributed by atoms with Gasteiger partial charge in [-0.15, -0.1) is 0 Å². The summed E-state index contributed by atoms with van der Waals surface area (Å²) in [5, 5.41) is 13.7. The zero-order valence-corrected chi connectivity index (χ0v) is 13.1. The zero-order valence-electron chi connectivity index (χ0n) is 12.3. The molecule has 0 spiro atoms. The van der Waals surface area contributed by atoms with Crippen molar-refractivity contribution in [2.24, 2.45) is 10.8 Å². The minimum absolute atomic E-state index is 0.0000392. The highest BCUT2D eigenvalue weighted by Gasteiger charge is 2.40. The molecule has 0 aliphatic heterocycles. The van der Waals surface area contributed by atoms with Crippen molar-refractivity contribution in [3.63, 3.8) is 0 Å². The molecule has 0 aromatic heterocycles. The highest BCUT2D eigenvalue weighted by Crippen LogP contribution is 2.46. The Hall–Kier alpha value is -0.800. The average molecular weight is 300 g/mol. The number of aliphatic hydroxyl groups is 1. The number of benzene rings is 1. The van der Waals surface area contributed by atoms with Crippen molar-refractivity contribution in [2.75, 3.05) is 11.9 Å². The molecule has 0 amide bonds. The summed E-state index contributed by atoms with van der Waals surface area (Å²) in [6.07, 6.45) is 2.38. The highest BCUT2D eigenvalue weighted by atomic mass is 35.5. The van der Waals surface area contributed by atoms with Crippen LogP contribution in [0.25, 0.3) is 0 Å². The van der Waals surface area contributed by atoms with Gasteiger partial charge in [0, 0.05) is 17.3 Å². The Kier molecular flexibility index (Phi) is 4.31. The number of anilines is 1. The average Bonchev–Trinajstić information content (AvgIpc) is 2.21. The number of halogens is 2.